The predicted octanol–water partition coefficient (Wildman–Crippen LogP) is 3.00. The number of carbonyl (C=O) groups excluding carboxylic acids is 4. The number of aliphatic carboxylic acids is 1. The van der Waals surface area contributed by atoms with Crippen molar-refractivity contribution in [1.29, 1.82) is 0 Å². The number of fused-ring (bicyclic) bond motifs is 1. The maximum absolute atomic E-state index is 12.8. The van der Waals surface area contributed by atoms with Crippen molar-refractivity contribution in [2.45, 2.75) is 70.3 Å². The molecule has 0 bridgehead atoms. The number of benzene rings is 1. The van der Waals surface area contributed by atoms with Gasteiger partial charge in [-0.3, -0.25) is 29.4 Å². The summed E-state index contributed by atoms with van der Waals surface area (Å²) in [5.74, 6) is -2.86. The van der Waals surface area contributed by atoms with Gasteiger partial charge in [0, 0.05) is 12.5 Å². The number of carboxylic acids is 1. The van der Waals surface area contributed by atoms with Gasteiger partial charge in [0.2, 0.25) is 11.8 Å². The molecule has 1 aromatic rings. The van der Waals surface area contributed by atoms with Gasteiger partial charge in [-0.1, -0.05) is 37.8 Å². The molecule has 8 nitrogen and oxygen atoms in total. The molecule has 2 N–H and O–H groups in total. The van der Waals surface area contributed by atoms with Gasteiger partial charge in [-0.2, -0.15) is 0 Å². The van der Waals surface area contributed by atoms with Crippen LogP contribution in [0.4, 0.5) is 0 Å². The third-order valence-corrected chi connectivity index (χ3v) is 5.85. The van der Waals surface area contributed by atoms with Crippen LogP contribution in [-0.2, 0) is 20.8 Å². The number of carboxylic acid groups (broad SMARTS) is 1. The smallest absolute Gasteiger partial charge is 0.327 e. The standard InChI is InChI=1S/C24H28N2O6/c27-20-14-13-19(22(30)25-20)26-23(31)17-12-11-16(15-18(17)24(26)32)9-7-5-3-1-2-4-6-8-10-21(28)29/h8,10-12,15,19H,1-7,9,13-14H2,(H,28,29)(H,25,27,30). The van der Waals surface area contributed by atoms with Crippen molar-refractivity contribution in [1.82, 2.24) is 10.2 Å². The average molecular weight is 440 g/mol. The van der Waals surface area contributed by atoms with E-state index < -0.39 is 29.7 Å². The Morgan fingerprint density at radius 1 is 1.00 bits per heavy atom. The van der Waals surface area contributed by atoms with Crippen molar-refractivity contribution < 1.29 is 29.1 Å². The first-order chi connectivity index (χ1) is 15.4. The fraction of sp³-hybridized carbons (Fsp3) is 0.458. The zero-order valence-electron chi connectivity index (χ0n) is 18.0. The Morgan fingerprint density at radius 3 is 2.41 bits per heavy atom. The highest BCUT2D eigenvalue weighted by Gasteiger charge is 2.44. The van der Waals surface area contributed by atoms with Crippen LogP contribution in [-0.4, -0.2) is 45.6 Å². The van der Waals surface area contributed by atoms with Gasteiger partial charge in [-0.25, -0.2) is 4.79 Å². The van der Waals surface area contributed by atoms with Gasteiger partial charge in [0.15, 0.2) is 0 Å². The van der Waals surface area contributed by atoms with E-state index >= 15 is 0 Å². The Balaban J connectivity index is 1.45. The molecule has 1 saturated heterocycles. The molecular formula is C24H28N2O6. The summed E-state index contributed by atoms with van der Waals surface area (Å²) in [6.07, 6.45) is 11.0. The van der Waals surface area contributed by atoms with Crippen LogP contribution in [0.25, 0.3) is 0 Å². The van der Waals surface area contributed by atoms with E-state index in [1.54, 1.807) is 18.2 Å². The summed E-state index contributed by atoms with van der Waals surface area (Å²) in [5.41, 5.74) is 1.61. The molecule has 3 rings (SSSR count). The number of hydrogen-bond acceptors (Lipinski definition) is 5. The van der Waals surface area contributed by atoms with Gasteiger partial charge in [0.1, 0.15) is 6.04 Å². The molecule has 1 atom stereocenters. The van der Waals surface area contributed by atoms with Gasteiger partial charge < -0.3 is 5.11 Å². The lowest BCUT2D eigenvalue weighted by Gasteiger charge is -2.27. The number of aryl methyl sites for hydroxylation is 1. The SMILES string of the molecule is O=C(O)C=CCCCCCCCCc1ccc2c(c1)C(=O)N(C1CCC(=O)NC1=O)C2=O. The number of nitrogens with one attached hydrogen (secondary N) is 1. The van der Waals surface area contributed by atoms with E-state index in [0.29, 0.717) is 11.1 Å². The maximum atomic E-state index is 12.8. The molecule has 1 aromatic carbocycles. The number of amides is 4. The molecule has 8 heteroatoms. The van der Waals surface area contributed by atoms with Crippen molar-refractivity contribution in [3.63, 3.8) is 0 Å². The highest BCUT2D eigenvalue weighted by atomic mass is 16.4. The number of rotatable bonds is 11. The molecule has 1 unspecified atom stereocenters. The molecule has 170 valence electrons. The number of imide groups is 2. The van der Waals surface area contributed by atoms with Crippen molar-refractivity contribution in [3.05, 3.63) is 47.0 Å². The molecule has 2 aliphatic rings. The Labute approximate surface area is 186 Å². The molecule has 2 heterocycles. The summed E-state index contributed by atoms with van der Waals surface area (Å²) in [4.78, 5) is 60.4. The van der Waals surface area contributed by atoms with E-state index in [1.807, 2.05) is 6.07 Å². The molecule has 0 aromatic heterocycles. The van der Waals surface area contributed by atoms with E-state index in [1.165, 1.54) is 6.08 Å². The molecule has 32 heavy (non-hydrogen) atoms. The van der Waals surface area contributed by atoms with Crippen LogP contribution in [0.3, 0.4) is 0 Å². The summed E-state index contributed by atoms with van der Waals surface area (Å²) in [7, 11) is 0. The first kappa shape index (κ1) is 23.4. The molecule has 2 aliphatic heterocycles. The molecule has 1 fully saturated rings. The predicted molar refractivity (Wildman–Crippen MR) is 116 cm³/mol. The van der Waals surface area contributed by atoms with E-state index in [0.717, 1.165) is 61.8 Å². The van der Waals surface area contributed by atoms with Crippen LogP contribution in [0.5, 0.6) is 0 Å². The summed E-state index contributed by atoms with van der Waals surface area (Å²) >= 11 is 0. The highest BCUT2D eigenvalue weighted by Crippen LogP contribution is 2.28. The molecule has 0 radical (unpaired) electrons. The minimum Gasteiger partial charge on any atom is -0.478 e. The third-order valence-electron chi connectivity index (χ3n) is 5.85. The summed E-state index contributed by atoms with van der Waals surface area (Å²) in [6.45, 7) is 0. The zero-order valence-corrected chi connectivity index (χ0v) is 18.0. The van der Waals surface area contributed by atoms with Gasteiger partial charge in [-0.05, 0) is 49.8 Å². The second-order valence-corrected chi connectivity index (χ2v) is 8.23. The third kappa shape index (κ3) is 5.69. The van der Waals surface area contributed by atoms with E-state index in [9.17, 15) is 24.0 Å². The number of nitrogens with zero attached hydrogens (tertiary/aromatic N) is 1. The second kappa shape index (κ2) is 10.8. The monoisotopic (exact) mass is 440 g/mol. The average Bonchev–Trinajstić information content (AvgIpc) is 2.99. The van der Waals surface area contributed by atoms with Gasteiger partial charge in [-0.15, -0.1) is 0 Å². The van der Waals surface area contributed by atoms with Gasteiger partial charge in [0.25, 0.3) is 11.8 Å². The lowest BCUT2D eigenvalue weighted by atomic mass is 10.0. The fourth-order valence-electron chi connectivity index (χ4n) is 4.16. The number of carbonyl (C=O) groups is 5. The number of piperidine rings is 1. The summed E-state index contributed by atoms with van der Waals surface area (Å²) in [5, 5.41) is 10.7. The first-order valence-corrected chi connectivity index (χ1v) is 11.1. The molecule has 4 amide bonds. The number of unbranched alkanes of at least 4 members (excludes halogenated alkanes) is 6. The van der Waals surface area contributed by atoms with Crippen LogP contribution in [0.15, 0.2) is 30.4 Å². The van der Waals surface area contributed by atoms with Crippen LogP contribution < -0.4 is 5.32 Å². The lowest BCUT2D eigenvalue weighted by Crippen LogP contribution is -2.54. The van der Waals surface area contributed by atoms with Crippen molar-refractivity contribution in [2.24, 2.45) is 0 Å². The zero-order chi connectivity index (χ0) is 23.1. The Kier molecular flexibility index (Phi) is 7.92. The van der Waals surface area contributed by atoms with E-state index in [-0.39, 0.29) is 18.7 Å². The molecular weight excluding hydrogens is 412 g/mol. The molecule has 0 saturated carbocycles. The fourth-order valence-corrected chi connectivity index (χ4v) is 4.16. The number of allylic oxidation sites excluding steroid dienone is 1. The Morgan fingerprint density at radius 2 is 1.69 bits per heavy atom. The van der Waals surface area contributed by atoms with Crippen molar-refractivity contribution in [3.8, 4) is 0 Å². The first-order valence-electron chi connectivity index (χ1n) is 11.1. The topological polar surface area (TPSA) is 121 Å². The molecule has 0 aliphatic carbocycles. The van der Waals surface area contributed by atoms with Crippen LogP contribution >= 0.6 is 0 Å². The van der Waals surface area contributed by atoms with E-state index in [2.05, 4.69) is 5.32 Å². The summed E-state index contributed by atoms with van der Waals surface area (Å²) in [6, 6.07) is 4.31. The van der Waals surface area contributed by atoms with Crippen LogP contribution in [0.1, 0.15) is 84.1 Å². The minimum absolute atomic E-state index is 0.105. The van der Waals surface area contributed by atoms with Crippen molar-refractivity contribution in [2.75, 3.05) is 0 Å². The Bertz CT molecular complexity index is 952. The normalized spacial score (nSPS) is 18.4. The summed E-state index contributed by atoms with van der Waals surface area (Å²) < 4.78 is 0. The van der Waals surface area contributed by atoms with Gasteiger partial charge in [0.05, 0.1) is 11.1 Å². The number of hydrogen-bond donors (Lipinski definition) is 2. The molecule has 0 spiro atoms. The van der Waals surface area contributed by atoms with Crippen LogP contribution in [0.2, 0.25) is 0 Å². The quantitative estimate of drug-likeness (QED) is 0.310. The minimum atomic E-state index is -0.942. The van der Waals surface area contributed by atoms with Crippen molar-refractivity contribution >= 4 is 29.6 Å². The van der Waals surface area contributed by atoms with Crippen LogP contribution in [0, 0.1) is 0 Å². The largest absolute Gasteiger partial charge is 0.478 e. The Hall–Kier alpha value is -3.29. The van der Waals surface area contributed by atoms with Gasteiger partial charge >= 0.3 is 5.97 Å². The second-order valence-electron chi connectivity index (χ2n) is 8.23. The van der Waals surface area contributed by atoms with E-state index in [4.69, 9.17) is 5.11 Å². The highest BCUT2D eigenvalue weighted by molar-refractivity contribution is 6.23. The maximum Gasteiger partial charge on any atom is 0.327 e. The lowest BCUT2D eigenvalue weighted by molar-refractivity contribution is -0.136.